The van der Waals surface area contributed by atoms with Crippen LogP contribution in [0.25, 0.3) is 0 Å². The maximum Gasteiger partial charge on any atom is 0.118 e. The number of furan rings is 1. The van der Waals surface area contributed by atoms with Crippen molar-refractivity contribution in [2.45, 2.75) is 33.0 Å². The van der Waals surface area contributed by atoms with Gasteiger partial charge in [0, 0.05) is 16.3 Å². The Morgan fingerprint density at radius 1 is 1.12 bits per heavy atom. The van der Waals surface area contributed by atoms with Crippen LogP contribution >= 0.6 is 11.3 Å². The highest BCUT2D eigenvalue weighted by atomic mass is 32.1. The van der Waals surface area contributed by atoms with Gasteiger partial charge in [-0.15, -0.1) is 11.3 Å². The van der Waals surface area contributed by atoms with Crippen molar-refractivity contribution in [3.05, 3.63) is 45.5 Å². The van der Waals surface area contributed by atoms with E-state index in [1.165, 1.54) is 9.75 Å². The van der Waals surface area contributed by atoms with E-state index in [0.29, 0.717) is 6.54 Å². The number of hydrogen-bond acceptors (Lipinski definition) is 4. The highest BCUT2D eigenvalue weighted by Crippen LogP contribution is 2.16. The van der Waals surface area contributed by atoms with Gasteiger partial charge in [-0.2, -0.15) is 0 Å². The van der Waals surface area contributed by atoms with Crippen molar-refractivity contribution in [1.29, 1.82) is 0 Å². The molecular formula is C13H18N2OS. The van der Waals surface area contributed by atoms with E-state index in [0.717, 1.165) is 31.0 Å². The van der Waals surface area contributed by atoms with E-state index in [2.05, 4.69) is 24.4 Å². The number of hydrogen-bond donors (Lipinski definition) is 2. The summed E-state index contributed by atoms with van der Waals surface area (Å²) in [5.41, 5.74) is 5.49. The lowest BCUT2D eigenvalue weighted by molar-refractivity contribution is 0.448. The highest BCUT2D eigenvalue weighted by Gasteiger charge is 2.01. The molecule has 4 heteroatoms. The van der Waals surface area contributed by atoms with Crippen molar-refractivity contribution in [3.8, 4) is 0 Å². The second-order valence-corrected chi connectivity index (χ2v) is 5.15. The van der Waals surface area contributed by atoms with Crippen LogP contribution in [-0.2, 0) is 26.1 Å². The van der Waals surface area contributed by atoms with Gasteiger partial charge in [-0.05, 0) is 30.7 Å². The third-order valence-corrected chi connectivity index (χ3v) is 3.81. The number of nitrogens with one attached hydrogen (secondary N) is 1. The molecule has 2 aromatic heterocycles. The van der Waals surface area contributed by atoms with E-state index in [9.17, 15) is 0 Å². The Hall–Kier alpha value is -1.10. The van der Waals surface area contributed by atoms with Gasteiger partial charge < -0.3 is 15.5 Å². The molecule has 0 amide bonds. The summed E-state index contributed by atoms with van der Waals surface area (Å²) in [6.07, 6.45) is 1.11. The Bertz CT molecular complexity index is 419. The maximum atomic E-state index is 5.51. The summed E-state index contributed by atoms with van der Waals surface area (Å²) < 4.78 is 5.51. The van der Waals surface area contributed by atoms with E-state index in [1.54, 1.807) is 0 Å². The monoisotopic (exact) mass is 250 g/mol. The van der Waals surface area contributed by atoms with E-state index in [4.69, 9.17) is 10.2 Å². The molecule has 0 aliphatic rings. The maximum absolute atomic E-state index is 5.51. The third kappa shape index (κ3) is 3.43. The van der Waals surface area contributed by atoms with Crippen LogP contribution in [0.15, 0.2) is 28.7 Å². The zero-order valence-electron chi connectivity index (χ0n) is 10.0. The summed E-state index contributed by atoms with van der Waals surface area (Å²) in [6, 6.07) is 8.28. The largest absolute Gasteiger partial charge is 0.463 e. The minimum atomic E-state index is 0.463. The van der Waals surface area contributed by atoms with Crippen LogP contribution in [0.1, 0.15) is 28.2 Å². The van der Waals surface area contributed by atoms with Crippen LogP contribution in [0.3, 0.4) is 0 Å². The Morgan fingerprint density at radius 2 is 1.88 bits per heavy atom. The van der Waals surface area contributed by atoms with Gasteiger partial charge in [-0.1, -0.05) is 6.92 Å². The number of aryl methyl sites for hydroxylation is 1. The molecule has 0 bridgehead atoms. The molecule has 0 unspecified atom stereocenters. The van der Waals surface area contributed by atoms with Gasteiger partial charge >= 0.3 is 0 Å². The predicted molar refractivity (Wildman–Crippen MR) is 70.8 cm³/mol. The first-order valence-electron chi connectivity index (χ1n) is 5.87. The molecule has 0 atom stereocenters. The fourth-order valence-electron chi connectivity index (χ4n) is 1.64. The van der Waals surface area contributed by atoms with Gasteiger partial charge in [-0.25, -0.2) is 0 Å². The Morgan fingerprint density at radius 3 is 2.53 bits per heavy atom. The molecule has 3 N–H and O–H groups in total. The van der Waals surface area contributed by atoms with Crippen LogP contribution in [-0.4, -0.2) is 0 Å². The van der Waals surface area contributed by atoms with E-state index >= 15 is 0 Å². The molecule has 0 radical (unpaired) electrons. The van der Waals surface area contributed by atoms with E-state index < -0.39 is 0 Å². The molecule has 2 heterocycles. The van der Waals surface area contributed by atoms with Crippen LogP contribution in [0.4, 0.5) is 0 Å². The van der Waals surface area contributed by atoms with Crippen molar-refractivity contribution < 1.29 is 4.42 Å². The molecule has 0 saturated carbocycles. The Labute approximate surface area is 106 Å². The molecule has 0 aliphatic heterocycles. The molecule has 3 nitrogen and oxygen atoms in total. The molecule has 0 aliphatic carbocycles. The van der Waals surface area contributed by atoms with Crippen molar-refractivity contribution in [2.24, 2.45) is 5.73 Å². The lowest BCUT2D eigenvalue weighted by Crippen LogP contribution is -2.11. The quantitative estimate of drug-likeness (QED) is 0.828. The van der Waals surface area contributed by atoms with Crippen molar-refractivity contribution in [2.75, 3.05) is 0 Å². The Balaban J connectivity index is 1.79. The number of thiophene rings is 1. The molecule has 2 rings (SSSR count). The van der Waals surface area contributed by atoms with Crippen LogP contribution in [0.2, 0.25) is 0 Å². The average molecular weight is 250 g/mol. The minimum Gasteiger partial charge on any atom is -0.463 e. The zero-order chi connectivity index (χ0) is 12.1. The van der Waals surface area contributed by atoms with E-state index in [-0.39, 0.29) is 0 Å². The van der Waals surface area contributed by atoms with Gasteiger partial charge in [0.05, 0.1) is 13.1 Å². The van der Waals surface area contributed by atoms with Crippen molar-refractivity contribution in [3.63, 3.8) is 0 Å². The fraction of sp³-hybridized carbons (Fsp3) is 0.385. The highest BCUT2D eigenvalue weighted by molar-refractivity contribution is 7.11. The van der Waals surface area contributed by atoms with Gasteiger partial charge in [-0.3, -0.25) is 0 Å². The van der Waals surface area contributed by atoms with Crippen molar-refractivity contribution in [1.82, 2.24) is 5.32 Å². The summed E-state index contributed by atoms with van der Waals surface area (Å²) in [4.78, 5) is 2.80. The van der Waals surface area contributed by atoms with Gasteiger partial charge in [0.15, 0.2) is 0 Å². The lowest BCUT2D eigenvalue weighted by atomic mass is 10.3. The summed E-state index contributed by atoms with van der Waals surface area (Å²) in [6.45, 7) is 4.29. The summed E-state index contributed by atoms with van der Waals surface area (Å²) in [5, 5.41) is 3.37. The second-order valence-electron chi connectivity index (χ2n) is 3.90. The molecule has 0 saturated heterocycles. The number of nitrogens with two attached hydrogens (primary N) is 1. The van der Waals surface area contributed by atoms with Gasteiger partial charge in [0.1, 0.15) is 11.5 Å². The molecule has 0 aromatic carbocycles. The Kier molecular flexibility index (Phi) is 4.36. The number of rotatable bonds is 6. The molecule has 2 aromatic rings. The first-order valence-corrected chi connectivity index (χ1v) is 6.69. The molecule has 17 heavy (non-hydrogen) atoms. The van der Waals surface area contributed by atoms with Crippen LogP contribution in [0, 0.1) is 0 Å². The smallest absolute Gasteiger partial charge is 0.118 e. The fourth-order valence-corrected chi connectivity index (χ4v) is 2.57. The van der Waals surface area contributed by atoms with Gasteiger partial charge in [0.2, 0.25) is 0 Å². The lowest BCUT2D eigenvalue weighted by Gasteiger charge is -2.00. The standard InChI is InChI=1S/C13H18N2OS/c1-2-12-5-6-13(17-12)9-15-8-11-4-3-10(7-14)16-11/h3-6,15H,2,7-9,14H2,1H3. The summed E-state index contributed by atoms with van der Waals surface area (Å²) in [7, 11) is 0. The zero-order valence-corrected chi connectivity index (χ0v) is 10.8. The van der Waals surface area contributed by atoms with Crippen LogP contribution in [0.5, 0.6) is 0 Å². The van der Waals surface area contributed by atoms with Crippen LogP contribution < -0.4 is 11.1 Å². The minimum absolute atomic E-state index is 0.463. The molecular weight excluding hydrogens is 232 g/mol. The van der Waals surface area contributed by atoms with Gasteiger partial charge in [0.25, 0.3) is 0 Å². The normalized spacial score (nSPS) is 10.9. The first kappa shape index (κ1) is 12.4. The molecule has 0 spiro atoms. The predicted octanol–water partition coefficient (Wildman–Crippen LogP) is 2.65. The topological polar surface area (TPSA) is 51.2 Å². The first-order chi connectivity index (χ1) is 8.31. The molecule has 92 valence electrons. The summed E-state index contributed by atoms with van der Waals surface area (Å²) in [5.74, 6) is 1.78. The average Bonchev–Trinajstić information content (AvgIpc) is 2.97. The van der Waals surface area contributed by atoms with Crippen molar-refractivity contribution >= 4 is 11.3 Å². The SMILES string of the molecule is CCc1ccc(CNCc2ccc(CN)o2)s1. The second kappa shape index (κ2) is 6.00. The molecule has 0 fully saturated rings. The third-order valence-electron chi connectivity index (χ3n) is 2.58. The van der Waals surface area contributed by atoms with E-state index in [1.807, 2.05) is 23.5 Å². The summed E-state index contributed by atoms with van der Waals surface area (Å²) >= 11 is 1.86.